The fraction of sp³-hybridized carbons (Fsp3) is 0.333. The van der Waals surface area contributed by atoms with Gasteiger partial charge in [0, 0.05) is 6.54 Å². The molecule has 0 atom stereocenters. The third kappa shape index (κ3) is 4.86. The molecule has 0 aromatic heterocycles. The molecule has 0 aliphatic carbocycles. The minimum Gasteiger partial charge on any atom is -0.486 e. The van der Waals surface area contributed by atoms with E-state index in [1.807, 2.05) is 0 Å². The molecule has 0 radical (unpaired) electrons. The number of nitrogens with one attached hydrogen (secondary N) is 1. The lowest BCUT2D eigenvalue weighted by molar-refractivity contribution is -0.0448. The Morgan fingerprint density at radius 2 is 1.56 bits per heavy atom. The van der Waals surface area contributed by atoms with Crippen molar-refractivity contribution in [2.75, 3.05) is 13.2 Å². The Labute approximate surface area is 150 Å². The molecule has 0 aliphatic heterocycles. The monoisotopic (exact) mass is 529 g/mol. The molecule has 0 unspecified atom stereocenters. The number of benzene rings is 1. The average Bonchev–Trinajstić information content (AvgIpc) is 2.41. The van der Waals surface area contributed by atoms with Crippen molar-refractivity contribution < 1.29 is 52.5 Å². The quantitative estimate of drug-likeness (QED) is 0.191. The molecule has 0 fully saturated rings. The van der Waals surface area contributed by atoms with Crippen molar-refractivity contribution in [3.8, 4) is 5.75 Å². The van der Waals surface area contributed by atoms with Crippen molar-refractivity contribution in [1.29, 1.82) is 0 Å². The van der Waals surface area contributed by atoms with Crippen LogP contribution in [0, 0.1) is 21.0 Å². The molecule has 0 aliphatic rings. The first-order valence-corrected chi connectivity index (χ1v) is 9.63. The molecule has 2 N–H and O–H groups in total. The van der Waals surface area contributed by atoms with Crippen LogP contribution < -0.4 is 9.46 Å². The van der Waals surface area contributed by atoms with E-state index in [-0.39, 0.29) is 0 Å². The standard InChI is InChI=1S/C9H6F6INO6S2/c10-3-4(11)8(24(18,19)20)6(16)5(12)7(3)23-2-1-17-25(21,22)9(13,14)15/h17H,1-2H2,(H,18,19,20). The maximum atomic E-state index is 13.9. The molecule has 16 heteroatoms. The Hall–Kier alpha value is -0.850. The second kappa shape index (κ2) is 7.41. The Morgan fingerprint density at radius 3 is 2.00 bits per heavy atom. The predicted molar refractivity (Wildman–Crippen MR) is 77.3 cm³/mol. The Balaban J connectivity index is 3.03. The van der Waals surface area contributed by atoms with Crippen LogP contribution in [0.5, 0.6) is 5.75 Å². The van der Waals surface area contributed by atoms with Gasteiger partial charge in [-0.1, -0.05) is 0 Å². The van der Waals surface area contributed by atoms with Crippen LogP contribution in [-0.2, 0) is 20.1 Å². The summed E-state index contributed by atoms with van der Waals surface area (Å²) in [6, 6.07) is 0. The molecule has 1 rings (SSSR count). The lowest BCUT2D eigenvalue weighted by Crippen LogP contribution is -2.38. The Kier molecular flexibility index (Phi) is 6.58. The van der Waals surface area contributed by atoms with Gasteiger partial charge in [0.25, 0.3) is 10.1 Å². The fourth-order valence-corrected chi connectivity index (χ4v) is 3.82. The molecular formula is C9H6F6INO6S2. The molecule has 0 amide bonds. The highest BCUT2D eigenvalue weighted by Gasteiger charge is 2.45. The van der Waals surface area contributed by atoms with Gasteiger partial charge in [0.15, 0.2) is 17.4 Å². The van der Waals surface area contributed by atoms with Gasteiger partial charge in [-0.2, -0.15) is 26.0 Å². The Morgan fingerprint density at radius 1 is 1.04 bits per heavy atom. The molecule has 7 nitrogen and oxygen atoms in total. The smallest absolute Gasteiger partial charge is 0.486 e. The third-order valence-electron chi connectivity index (χ3n) is 2.39. The van der Waals surface area contributed by atoms with Crippen molar-refractivity contribution in [2.45, 2.75) is 10.4 Å². The molecule has 144 valence electrons. The highest BCUT2D eigenvalue weighted by atomic mass is 127. The zero-order chi connectivity index (χ0) is 19.8. The van der Waals surface area contributed by atoms with E-state index in [2.05, 4.69) is 4.74 Å². The second-order valence-electron chi connectivity index (χ2n) is 4.08. The van der Waals surface area contributed by atoms with Gasteiger partial charge < -0.3 is 4.74 Å². The van der Waals surface area contributed by atoms with Gasteiger partial charge in [-0.05, 0) is 22.6 Å². The van der Waals surface area contributed by atoms with Crippen LogP contribution in [0.3, 0.4) is 0 Å². The van der Waals surface area contributed by atoms with Crippen LogP contribution in [-0.4, -0.2) is 40.0 Å². The molecule has 1 aromatic rings. The number of hydrogen-bond donors (Lipinski definition) is 2. The molecule has 25 heavy (non-hydrogen) atoms. The summed E-state index contributed by atoms with van der Waals surface area (Å²) in [5.41, 5.74) is -5.62. The summed E-state index contributed by atoms with van der Waals surface area (Å²) in [6.07, 6.45) is 0. The molecule has 0 saturated carbocycles. The van der Waals surface area contributed by atoms with Crippen LogP contribution >= 0.6 is 22.6 Å². The van der Waals surface area contributed by atoms with Crippen molar-refractivity contribution >= 4 is 42.7 Å². The van der Waals surface area contributed by atoms with Crippen LogP contribution in [0.1, 0.15) is 0 Å². The summed E-state index contributed by atoms with van der Waals surface area (Å²) in [4.78, 5) is -1.69. The first kappa shape index (κ1) is 22.2. The van der Waals surface area contributed by atoms with E-state index >= 15 is 0 Å². The van der Waals surface area contributed by atoms with Gasteiger partial charge in [-0.3, -0.25) is 4.55 Å². The third-order valence-corrected chi connectivity index (χ3v) is 5.86. The first-order chi connectivity index (χ1) is 11.1. The molecule has 0 bridgehead atoms. The highest BCUT2D eigenvalue weighted by Crippen LogP contribution is 2.34. The highest BCUT2D eigenvalue weighted by molar-refractivity contribution is 14.1. The van der Waals surface area contributed by atoms with Crippen LogP contribution in [0.2, 0.25) is 0 Å². The van der Waals surface area contributed by atoms with Gasteiger partial charge in [0.2, 0.25) is 5.82 Å². The fourth-order valence-electron chi connectivity index (χ4n) is 1.36. The van der Waals surface area contributed by atoms with Gasteiger partial charge in [0.1, 0.15) is 11.5 Å². The number of sulfonamides is 1. The maximum absolute atomic E-state index is 13.9. The maximum Gasteiger partial charge on any atom is 0.511 e. The lowest BCUT2D eigenvalue weighted by Gasteiger charge is -2.13. The topological polar surface area (TPSA) is 110 Å². The van der Waals surface area contributed by atoms with Gasteiger partial charge in [0.05, 0.1) is 3.57 Å². The largest absolute Gasteiger partial charge is 0.511 e. The van der Waals surface area contributed by atoms with Gasteiger partial charge >= 0.3 is 15.5 Å². The van der Waals surface area contributed by atoms with Crippen molar-refractivity contribution in [3.05, 3.63) is 21.0 Å². The van der Waals surface area contributed by atoms with Crippen molar-refractivity contribution in [1.82, 2.24) is 4.72 Å². The zero-order valence-corrected chi connectivity index (χ0v) is 15.2. The summed E-state index contributed by atoms with van der Waals surface area (Å²) < 4.78 is 133. The van der Waals surface area contributed by atoms with E-state index in [1.54, 1.807) is 0 Å². The number of hydrogen-bond acceptors (Lipinski definition) is 5. The number of rotatable bonds is 6. The SMILES string of the molecule is O=S(=O)(O)c1c(F)c(F)c(OCCNS(=O)(=O)C(F)(F)F)c(F)c1I. The minimum absolute atomic E-state index is 0.921. The molecule has 0 spiro atoms. The average molecular weight is 529 g/mol. The van der Waals surface area contributed by atoms with Crippen LogP contribution in [0.25, 0.3) is 0 Å². The molecule has 0 heterocycles. The Bertz CT molecular complexity index is 856. The zero-order valence-electron chi connectivity index (χ0n) is 11.4. The number of halogens is 7. The number of alkyl halides is 3. The normalized spacial score (nSPS) is 13.1. The van der Waals surface area contributed by atoms with Gasteiger partial charge in [-0.15, -0.1) is 0 Å². The van der Waals surface area contributed by atoms with Crippen LogP contribution in [0.4, 0.5) is 26.3 Å². The summed E-state index contributed by atoms with van der Waals surface area (Å²) in [7, 11) is -11.0. The van der Waals surface area contributed by atoms with E-state index in [1.165, 1.54) is 0 Å². The first-order valence-electron chi connectivity index (χ1n) is 5.63. The predicted octanol–water partition coefficient (Wildman–Crippen LogP) is 1.77. The molecular weight excluding hydrogens is 523 g/mol. The van der Waals surface area contributed by atoms with E-state index in [0.717, 1.165) is 27.3 Å². The second-order valence-corrected chi connectivity index (χ2v) is 8.28. The molecule has 0 saturated heterocycles. The van der Waals surface area contributed by atoms with Gasteiger partial charge in [-0.25, -0.2) is 21.9 Å². The van der Waals surface area contributed by atoms with E-state index < -0.39 is 70.5 Å². The number of ether oxygens (including phenoxy) is 1. The summed E-state index contributed by atoms with van der Waals surface area (Å²) >= 11 is 0.921. The van der Waals surface area contributed by atoms with Crippen LogP contribution in [0.15, 0.2) is 4.90 Å². The van der Waals surface area contributed by atoms with E-state index in [0.29, 0.717) is 0 Å². The van der Waals surface area contributed by atoms with E-state index in [4.69, 9.17) is 4.55 Å². The van der Waals surface area contributed by atoms with Crippen molar-refractivity contribution in [3.63, 3.8) is 0 Å². The van der Waals surface area contributed by atoms with Crippen molar-refractivity contribution in [2.24, 2.45) is 0 Å². The summed E-state index contributed by atoms with van der Waals surface area (Å²) in [5, 5.41) is 0. The summed E-state index contributed by atoms with van der Waals surface area (Å²) in [6.45, 7) is -2.14. The minimum atomic E-state index is -5.72. The van der Waals surface area contributed by atoms with E-state index in [9.17, 15) is 43.2 Å². The summed E-state index contributed by atoms with van der Waals surface area (Å²) in [5.74, 6) is -7.62. The molecule has 1 aromatic carbocycles. The lowest BCUT2D eigenvalue weighted by atomic mass is 10.3.